The molecule has 0 bridgehead atoms. The Labute approximate surface area is 178 Å². The van der Waals surface area contributed by atoms with E-state index in [4.69, 9.17) is 9.90 Å². The zero-order valence-electron chi connectivity index (χ0n) is 16.9. The standard InChI is InChI=1S/C18H27N3OS.C2HF3O2/c22-17-18(13-21(17)11-16-9-19-14-23-16)7-4-8-20(12-18)10-15-5-2-1-3-6-15;3-2(4,5)1(6)7/h9,14-15H,1-8,10-13H2;(H,6,7). The lowest BCUT2D eigenvalue weighted by atomic mass is 9.72. The van der Waals surface area contributed by atoms with E-state index in [0.29, 0.717) is 5.91 Å². The Bertz CT molecular complexity index is 723. The third-order valence-corrected chi connectivity index (χ3v) is 6.97. The van der Waals surface area contributed by atoms with Gasteiger partial charge in [0.2, 0.25) is 5.91 Å². The van der Waals surface area contributed by atoms with E-state index < -0.39 is 12.1 Å². The van der Waals surface area contributed by atoms with Crippen LogP contribution in [0.3, 0.4) is 0 Å². The molecule has 3 fully saturated rings. The fourth-order valence-corrected chi connectivity index (χ4v) is 5.42. The van der Waals surface area contributed by atoms with Crippen LogP contribution in [-0.4, -0.2) is 64.1 Å². The van der Waals surface area contributed by atoms with Crippen LogP contribution in [-0.2, 0) is 16.1 Å². The van der Waals surface area contributed by atoms with Gasteiger partial charge in [0.25, 0.3) is 0 Å². The molecule has 3 aliphatic rings. The fraction of sp³-hybridized carbons (Fsp3) is 0.750. The number of nitrogens with zero attached hydrogens (tertiary/aromatic N) is 3. The van der Waals surface area contributed by atoms with E-state index in [1.165, 1.54) is 56.5 Å². The van der Waals surface area contributed by atoms with Crippen molar-refractivity contribution in [2.75, 3.05) is 26.2 Å². The van der Waals surface area contributed by atoms with Gasteiger partial charge in [0.05, 0.1) is 17.5 Å². The minimum atomic E-state index is -5.08. The Balaban J connectivity index is 0.000000318. The molecule has 1 unspecified atom stereocenters. The van der Waals surface area contributed by atoms with Crippen LogP contribution in [0.4, 0.5) is 13.2 Å². The van der Waals surface area contributed by atoms with Crippen molar-refractivity contribution in [3.63, 3.8) is 0 Å². The number of hydrogen-bond acceptors (Lipinski definition) is 5. The van der Waals surface area contributed by atoms with Crippen molar-refractivity contribution in [2.24, 2.45) is 11.3 Å². The maximum Gasteiger partial charge on any atom is 0.490 e. The van der Waals surface area contributed by atoms with Crippen molar-refractivity contribution in [1.82, 2.24) is 14.8 Å². The predicted molar refractivity (Wildman–Crippen MR) is 106 cm³/mol. The molecule has 10 heteroatoms. The Morgan fingerprint density at radius 1 is 1.23 bits per heavy atom. The van der Waals surface area contributed by atoms with E-state index >= 15 is 0 Å². The molecule has 1 aromatic rings. The van der Waals surface area contributed by atoms with Crippen molar-refractivity contribution >= 4 is 23.2 Å². The minimum absolute atomic E-state index is 0.0579. The zero-order chi connectivity index (χ0) is 21.8. The van der Waals surface area contributed by atoms with Crippen LogP contribution in [0.15, 0.2) is 11.7 Å². The summed E-state index contributed by atoms with van der Waals surface area (Å²) in [4.78, 5) is 31.6. The van der Waals surface area contributed by atoms with Gasteiger partial charge < -0.3 is 14.9 Å². The van der Waals surface area contributed by atoms with E-state index in [0.717, 1.165) is 32.0 Å². The van der Waals surface area contributed by atoms with Crippen molar-refractivity contribution in [3.8, 4) is 0 Å². The third kappa shape index (κ3) is 5.72. The van der Waals surface area contributed by atoms with Crippen molar-refractivity contribution in [2.45, 2.75) is 57.7 Å². The number of aromatic nitrogens is 1. The minimum Gasteiger partial charge on any atom is -0.475 e. The normalized spacial score (nSPS) is 25.6. The molecular formula is C20H28F3N3O3S. The molecule has 0 radical (unpaired) electrons. The average Bonchev–Trinajstić information content (AvgIpc) is 3.21. The molecule has 1 spiro atoms. The number of β-lactam (4-membered cyclic amide) rings is 1. The number of rotatable bonds is 4. The summed E-state index contributed by atoms with van der Waals surface area (Å²) in [5.41, 5.74) is 1.79. The summed E-state index contributed by atoms with van der Waals surface area (Å²) in [6.45, 7) is 5.13. The summed E-state index contributed by atoms with van der Waals surface area (Å²) in [7, 11) is 0. The molecule has 168 valence electrons. The van der Waals surface area contributed by atoms with Crippen LogP contribution < -0.4 is 0 Å². The first-order valence-electron chi connectivity index (χ1n) is 10.4. The van der Waals surface area contributed by atoms with Crippen molar-refractivity contribution in [3.05, 3.63) is 16.6 Å². The first-order valence-corrected chi connectivity index (χ1v) is 11.3. The van der Waals surface area contributed by atoms with E-state index in [1.54, 1.807) is 11.3 Å². The van der Waals surface area contributed by atoms with Crippen molar-refractivity contribution < 1.29 is 27.9 Å². The number of alkyl halides is 3. The molecular weight excluding hydrogens is 419 g/mol. The van der Waals surface area contributed by atoms with Crippen LogP contribution in [0, 0.1) is 11.3 Å². The topological polar surface area (TPSA) is 73.7 Å². The number of carboxylic acids is 1. The van der Waals surface area contributed by atoms with Gasteiger partial charge in [-0.1, -0.05) is 19.3 Å². The lowest BCUT2D eigenvalue weighted by Gasteiger charge is -2.53. The van der Waals surface area contributed by atoms with E-state index in [-0.39, 0.29) is 5.41 Å². The number of halogens is 3. The number of likely N-dealkylation sites (tertiary alicyclic amines) is 2. The van der Waals surface area contributed by atoms with E-state index in [9.17, 15) is 18.0 Å². The summed E-state index contributed by atoms with van der Waals surface area (Å²) < 4.78 is 31.7. The lowest BCUT2D eigenvalue weighted by Crippen LogP contribution is -2.66. The molecule has 1 amide bonds. The number of carbonyl (C=O) groups is 2. The molecule has 1 aliphatic carbocycles. The summed E-state index contributed by atoms with van der Waals surface area (Å²) >= 11 is 1.65. The van der Waals surface area contributed by atoms with Gasteiger partial charge in [-0.05, 0) is 38.1 Å². The second-order valence-corrected chi connectivity index (χ2v) is 9.53. The van der Waals surface area contributed by atoms with Crippen LogP contribution in [0.2, 0.25) is 0 Å². The van der Waals surface area contributed by atoms with Gasteiger partial charge in [0, 0.05) is 30.7 Å². The average molecular weight is 448 g/mol. The lowest BCUT2D eigenvalue weighted by molar-refractivity contribution is -0.192. The van der Waals surface area contributed by atoms with Crippen LogP contribution >= 0.6 is 11.3 Å². The molecule has 1 saturated carbocycles. The van der Waals surface area contributed by atoms with Crippen LogP contribution in [0.25, 0.3) is 0 Å². The number of piperidine rings is 1. The van der Waals surface area contributed by atoms with Crippen LogP contribution in [0.1, 0.15) is 49.8 Å². The van der Waals surface area contributed by atoms with Gasteiger partial charge in [-0.3, -0.25) is 9.78 Å². The van der Waals surface area contributed by atoms with E-state index in [1.807, 2.05) is 16.6 Å². The fourth-order valence-electron chi connectivity index (χ4n) is 4.81. The molecule has 1 N–H and O–H groups in total. The molecule has 4 rings (SSSR count). The molecule has 3 heterocycles. The van der Waals surface area contributed by atoms with Gasteiger partial charge in [0.15, 0.2) is 0 Å². The molecule has 2 aliphatic heterocycles. The number of amides is 1. The highest BCUT2D eigenvalue weighted by Gasteiger charge is 2.53. The maximum absolute atomic E-state index is 12.8. The van der Waals surface area contributed by atoms with Gasteiger partial charge in [0.1, 0.15) is 0 Å². The zero-order valence-corrected chi connectivity index (χ0v) is 17.7. The molecule has 30 heavy (non-hydrogen) atoms. The van der Waals surface area contributed by atoms with Gasteiger partial charge in [-0.2, -0.15) is 13.2 Å². The summed E-state index contributed by atoms with van der Waals surface area (Å²) in [5.74, 6) is -1.49. The second kappa shape index (κ2) is 9.64. The number of carboxylic acid groups (broad SMARTS) is 1. The number of thiazole rings is 1. The third-order valence-electron chi connectivity index (χ3n) is 6.20. The Morgan fingerprint density at radius 3 is 2.50 bits per heavy atom. The quantitative estimate of drug-likeness (QED) is 0.711. The first-order chi connectivity index (χ1) is 14.2. The van der Waals surface area contributed by atoms with Crippen molar-refractivity contribution in [1.29, 1.82) is 0 Å². The number of aliphatic carboxylic acids is 1. The molecule has 2 saturated heterocycles. The Kier molecular flexibility index (Phi) is 7.38. The Hall–Kier alpha value is -1.68. The summed E-state index contributed by atoms with van der Waals surface area (Å²) in [6.07, 6.45) is 6.12. The smallest absolute Gasteiger partial charge is 0.475 e. The van der Waals surface area contributed by atoms with E-state index in [2.05, 4.69) is 9.88 Å². The summed E-state index contributed by atoms with van der Waals surface area (Å²) in [6, 6.07) is 0. The highest BCUT2D eigenvalue weighted by atomic mass is 32.1. The molecule has 6 nitrogen and oxygen atoms in total. The maximum atomic E-state index is 12.8. The second-order valence-electron chi connectivity index (χ2n) is 8.55. The molecule has 0 aromatic carbocycles. The number of carbonyl (C=O) groups excluding carboxylic acids is 1. The Morgan fingerprint density at radius 2 is 1.93 bits per heavy atom. The largest absolute Gasteiger partial charge is 0.490 e. The highest BCUT2D eigenvalue weighted by molar-refractivity contribution is 7.09. The van der Waals surface area contributed by atoms with Gasteiger partial charge in [-0.15, -0.1) is 11.3 Å². The SMILES string of the molecule is O=C(O)C(F)(F)F.O=C1N(Cc2cncs2)CC12CCCN(CC1CCCCC1)C2. The van der Waals surface area contributed by atoms with Gasteiger partial charge >= 0.3 is 12.1 Å². The highest BCUT2D eigenvalue weighted by Crippen LogP contribution is 2.41. The first kappa shape index (κ1) is 23.0. The predicted octanol–water partition coefficient (Wildman–Crippen LogP) is 3.78. The number of hydrogen-bond donors (Lipinski definition) is 1. The molecule has 1 atom stereocenters. The molecule has 1 aromatic heterocycles. The monoisotopic (exact) mass is 447 g/mol. The van der Waals surface area contributed by atoms with Gasteiger partial charge in [-0.25, -0.2) is 4.79 Å². The summed E-state index contributed by atoms with van der Waals surface area (Å²) in [5, 5.41) is 7.12. The van der Waals surface area contributed by atoms with Crippen LogP contribution in [0.5, 0.6) is 0 Å².